The van der Waals surface area contributed by atoms with E-state index >= 15 is 0 Å². The number of nitrogens with two attached hydrogens (primary N) is 2. The fraction of sp³-hybridized carbons (Fsp3) is 0.588. The summed E-state index contributed by atoms with van der Waals surface area (Å²) >= 11 is 0. The van der Waals surface area contributed by atoms with Gasteiger partial charge in [-0.2, -0.15) is 0 Å². The summed E-state index contributed by atoms with van der Waals surface area (Å²) in [5.41, 5.74) is 13.1. The van der Waals surface area contributed by atoms with E-state index in [9.17, 15) is 4.79 Å². The van der Waals surface area contributed by atoms with Crippen LogP contribution in [0.2, 0.25) is 0 Å². The standard InChI is InChI=1S/C17H29N3O/c1-2-3-4-5-6-9-12-20(14-17(19)21)13-15-10-7-8-11-16(15)18/h7-8,10-11H,2-6,9,12-14,18H2,1H3,(H2,19,21). The number of para-hydroxylation sites is 1. The molecule has 0 bridgehead atoms. The number of carbonyl (C=O) groups excluding carboxylic acids is 1. The van der Waals surface area contributed by atoms with E-state index in [1.165, 1.54) is 32.1 Å². The molecule has 0 heterocycles. The van der Waals surface area contributed by atoms with E-state index in [-0.39, 0.29) is 5.91 Å². The number of hydrogen-bond acceptors (Lipinski definition) is 3. The smallest absolute Gasteiger partial charge is 0.231 e. The van der Waals surface area contributed by atoms with Crippen LogP contribution in [0.4, 0.5) is 5.69 Å². The van der Waals surface area contributed by atoms with Gasteiger partial charge in [-0.25, -0.2) is 0 Å². The van der Waals surface area contributed by atoms with E-state index in [1.54, 1.807) is 0 Å². The Hall–Kier alpha value is -1.55. The maximum atomic E-state index is 11.2. The van der Waals surface area contributed by atoms with Crippen molar-refractivity contribution in [3.63, 3.8) is 0 Å². The highest BCUT2D eigenvalue weighted by Gasteiger charge is 2.10. The van der Waals surface area contributed by atoms with Gasteiger partial charge in [0.25, 0.3) is 0 Å². The number of amides is 1. The zero-order valence-electron chi connectivity index (χ0n) is 13.2. The number of anilines is 1. The molecule has 4 N–H and O–H groups in total. The molecule has 4 heteroatoms. The summed E-state index contributed by atoms with van der Waals surface area (Å²) < 4.78 is 0. The van der Waals surface area contributed by atoms with Crippen molar-refractivity contribution >= 4 is 11.6 Å². The molecule has 0 fully saturated rings. The lowest BCUT2D eigenvalue weighted by atomic mass is 10.1. The summed E-state index contributed by atoms with van der Waals surface area (Å²) in [7, 11) is 0. The Morgan fingerprint density at radius 2 is 1.76 bits per heavy atom. The van der Waals surface area contributed by atoms with E-state index in [4.69, 9.17) is 11.5 Å². The highest BCUT2D eigenvalue weighted by Crippen LogP contribution is 2.14. The summed E-state index contributed by atoms with van der Waals surface area (Å²) in [5, 5.41) is 0. The van der Waals surface area contributed by atoms with Gasteiger partial charge in [-0.1, -0.05) is 57.2 Å². The van der Waals surface area contributed by atoms with Crippen LogP contribution >= 0.6 is 0 Å². The van der Waals surface area contributed by atoms with Crippen molar-refractivity contribution in [2.24, 2.45) is 5.73 Å². The number of primary amides is 1. The van der Waals surface area contributed by atoms with Crippen LogP contribution in [0.1, 0.15) is 51.0 Å². The molecular formula is C17H29N3O. The van der Waals surface area contributed by atoms with E-state index < -0.39 is 0 Å². The second kappa shape index (κ2) is 10.2. The minimum absolute atomic E-state index is 0.282. The Labute approximate surface area is 128 Å². The molecular weight excluding hydrogens is 262 g/mol. The number of nitrogens with zero attached hydrogens (tertiary/aromatic N) is 1. The number of rotatable bonds is 11. The van der Waals surface area contributed by atoms with Crippen molar-refractivity contribution in [1.82, 2.24) is 4.90 Å². The van der Waals surface area contributed by atoms with Crippen molar-refractivity contribution in [2.75, 3.05) is 18.8 Å². The van der Waals surface area contributed by atoms with Gasteiger partial charge >= 0.3 is 0 Å². The lowest BCUT2D eigenvalue weighted by molar-refractivity contribution is -0.119. The maximum absolute atomic E-state index is 11.2. The number of hydrogen-bond donors (Lipinski definition) is 2. The summed E-state index contributed by atoms with van der Waals surface area (Å²) in [4.78, 5) is 13.3. The Morgan fingerprint density at radius 1 is 1.10 bits per heavy atom. The molecule has 0 radical (unpaired) electrons. The number of unbranched alkanes of at least 4 members (excludes halogenated alkanes) is 5. The molecule has 0 spiro atoms. The Morgan fingerprint density at radius 3 is 2.43 bits per heavy atom. The summed E-state index contributed by atoms with van der Waals surface area (Å²) in [6.07, 6.45) is 7.46. The highest BCUT2D eigenvalue weighted by molar-refractivity contribution is 5.75. The average Bonchev–Trinajstić information content (AvgIpc) is 2.44. The van der Waals surface area contributed by atoms with Gasteiger partial charge in [0, 0.05) is 12.2 Å². The zero-order chi connectivity index (χ0) is 15.5. The average molecular weight is 291 g/mol. The van der Waals surface area contributed by atoms with Gasteiger partial charge in [-0.15, -0.1) is 0 Å². The second-order valence-electron chi connectivity index (χ2n) is 5.64. The molecule has 118 valence electrons. The van der Waals surface area contributed by atoms with Gasteiger partial charge < -0.3 is 11.5 Å². The first-order valence-electron chi connectivity index (χ1n) is 7.97. The quantitative estimate of drug-likeness (QED) is 0.486. The first-order chi connectivity index (χ1) is 10.1. The van der Waals surface area contributed by atoms with Crippen molar-refractivity contribution in [3.05, 3.63) is 29.8 Å². The normalized spacial score (nSPS) is 11.0. The number of nitrogen functional groups attached to an aromatic ring is 1. The first-order valence-corrected chi connectivity index (χ1v) is 7.97. The van der Waals surface area contributed by atoms with Crippen LogP contribution in [0.25, 0.3) is 0 Å². The Bertz CT molecular complexity index is 420. The van der Waals surface area contributed by atoms with Crippen molar-refractivity contribution < 1.29 is 4.79 Å². The van der Waals surface area contributed by atoms with Crippen LogP contribution < -0.4 is 11.5 Å². The SMILES string of the molecule is CCCCCCCCN(CC(N)=O)Cc1ccccc1N. The van der Waals surface area contributed by atoms with E-state index in [0.29, 0.717) is 13.1 Å². The molecule has 0 aliphatic rings. The van der Waals surface area contributed by atoms with Gasteiger partial charge in [0.15, 0.2) is 0 Å². The van der Waals surface area contributed by atoms with Crippen LogP contribution in [0, 0.1) is 0 Å². The number of carbonyl (C=O) groups is 1. The summed E-state index contributed by atoms with van der Waals surface area (Å²) in [6, 6.07) is 7.79. The molecule has 1 amide bonds. The molecule has 0 aliphatic carbocycles. The largest absolute Gasteiger partial charge is 0.398 e. The van der Waals surface area contributed by atoms with E-state index in [1.807, 2.05) is 24.3 Å². The zero-order valence-corrected chi connectivity index (χ0v) is 13.2. The number of benzene rings is 1. The van der Waals surface area contributed by atoms with Gasteiger partial charge in [-0.05, 0) is 24.6 Å². The Kier molecular flexibility index (Phi) is 8.51. The van der Waals surface area contributed by atoms with Gasteiger partial charge in [-0.3, -0.25) is 9.69 Å². The van der Waals surface area contributed by atoms with Crippen LogP contribution in [-0.2, 0) is 11.3 Å². The van der Waals surface area contributed by atoms with Crippen LogP contribution in [0.5, 0.6) is 0 Å². The topological polar surface area (TPSA) is 72.3 Å². The van der Waals surface area contributed by atoms with Crippen LogP contribution in [-0.4, -0.2) is 23.9 Å². The van der Waals surface area contributed by atoms with Gasteiger partial charge in [0.1, 0.15) is 0 Å². The monoisotopic (exact) mass is 291 g/mol. The molecule has 0 atom stereocenters. The minimum Gasteiger partial charge on any atom is -0.398 e. The van der Waals surface area contributed by atoms with Crippen LogP contribution in [0.15, 0.2) is 24.3 Å². The minimum atomic E-state index is -0.282. The van der Waals surface area contributed by atoms with Crippen LogP contribution in [0.3, 0.4) is 0 Å². The van der Waals surface area contributed by atoms with Gasteiger partial charge in [0.2, 0.25) is 5.91 Å². The molecule has 0 saturated heterocycles. The molecule has 1 aromatic carbocycles. The molecule has 0 saturated carbocycles. The molecule has 1 aromatic rings. The summed E-state index contributed by atoms with van der Waals surface area (Å²) in [6.45, 7) is 4.09. The highest BCUT2D eigenvalue weighted by atomic mass is 16.1. The second-order valence-corrected chi connectivity index (χ2v) is 5.64. The fourth-order valence-electron chi connectivity index (χ4n) is 2.47. The molecule has 0 aliphatic heterocycles. The first kappa shape index (κ1) is 17.5. The third-order valence-corrected chi connectivity index (χ3v) is 3.66. The van der Waals surface area contributed by atoms with Crippen molar-refractivity contribution in [1.29, 1.82) is 0 Å². The van der Waals surface area contributed by atoms with Crippen molar-refractivity contribution in [3.8, 4) is 0 Å². The lowest BCUT2D eigenvalue weighted by Crippen LogP contribution is -2.34. The van der Waals surface area contributed by atoms with E-state index in [2.05, 4.69) is 11.8 Å². The predicted molar refractivity (Wildman–Crippen MR) is 88.7 cm³/mol. The Balaban J connectivity index is 2.41. The summed E-state index contributed by atoms with van der Waals surface area (Å²) in [5.74, 6) is -0.282. The molecule has 0 unspecified atom stereocenters. The fourth-order valence-corrected chi connectivity index (χ4v) is 2.47. The maximum Gasteiger partial charge on any atom is 0.231 e. The molecule has 21 heavy (non-hydrogen) atoms. The molecule has 1 rings (SSSR count). The molecule has 0 aromatic heterocycles. The molecule has 4 nitrogen and oxygen atoms in total. The lowest BCUT2D eigenvalue weighted by Gasteiger charge is -2.21. The van der Waals surface area contributed by atoms with Gasteiger partial charge in [0.05, 0.1) is 6.54 Å². The third kappa shape index (κ3) is 7.71. The third-order valence-electron chi connectivity index (χ3n) is 3.66. The van der Waals surface area contributed by atoms with E-state index in [0.717, 1.165) is 24.2 Å². The van der Waals surface area contributed by atoms with Crippen molar-refractivity contribution in [2.45, 2.75) is 52.0 Å². The predicted octanol–water partition coefficient (Wildman–Crippen LogP) is 2.92.